The number of rotatable bonds is 4. The number of halogens is 1. The van der Waals surface area contributed by atoms with E-state index in [1.165, 1.54) is 12.8 Å². The molecule has 1 saturated carbocycles. The number of aromatic nitrogens is 4. The summed E-state index contributed by atoms with van der Waals surface area (Å²) < 4.78 is 2.80. The highest BCUT2D eigenvalue weighted by atomic mass is 127. The summed E-state index contributed by atoms with van der Waals surface area (Å²) >= 11 is 2.16. The van der Waals surface area contributed by atoms with Gasteiger partial charge in [0.15, 0.2) is 5.82 Å². The molecule has 0 unspecified atom stereocenters. The van der Waals surface area contributed by atoms with Crippen LogP contribution in [0.5, 0.6) is 0 Å². The van der Waals surface area contributed by atoms with Gasteiger partial charge in [-0.3, -0.25) is 4.79 Å². The molecule has 0 bridgehead atoms. The van der Waals surface area contributed by atoms with Crippen molar-refractivity contribution in [1.29, 1.82) is 0 Å². The highest BCUT2D eigenvalue weighted by Gasteiger charge is 2.21. The predicted octanol–water partition coefficient (Wildman–Crippen LogP) is 2.32. The van der Waals surface area contributed by atoms with Gasteiger partial charge in [-0.1, -0.05) is 25.0 Å². The van der Waals surface area contributed by atoms with Gasteiger partial charge in [0.1, 0.15) is 0 Å². The molecule has 6 nitrogen and oxygen atoms in total. The molecule has 3 rings (SSSR count). The lowest BCUT2D eigenvalue weighted by Crippen LogP contribution is -2.26. The second-order valence-electron chi connectivity index (χ2n) is 5.14. The molecule has 1 heterocycles. The van der Waals surface area contributed by atoms with E-state index in [4.69, 9.17) is 0 Å². The van der Waals surface area contributed by atoms with E-state index in [1.54, 1.807) is 0 Å². The third-order valence-corrected chi connectivity index (χ3v) is 4.70. The fourth-order valence-corrected chi connectivity index (χ4v) is 3.29. The van der Waals surface area contributed by atoms with Gasteiger partial charge in [-0.05, 0) is 58.0 Å². The van der Waals surface area contributed by atoms with Crippen LogP contribution in [0.1, 0.15) is 47.9 Å². The van der Waals surface area contributed by atoms with Gasteiger partial charge in [0.25, 0.3) is 5.91 Å². The second kappa shape index (κ2) is 6.50. The van der Waals surface area contributed by atoms with Crippen LogP contribution in [0.2, 0.25) is 0 Å². The van der Waals surface area contributed by atoms with Crippen LogP contribution in [0, 0.1) is 3.57 Å². The summed E-state index contributed by atoms with van der Waals surface area (Å²) in [5.74, 6) is 0.627. The summed E-state index contributed by atoms with van der Waals surface area (Å²) in [5, 5.41) is 14.7. The average Bonchev–Trinajstić information content (AvgIpc) is 3.16. The zero-order chi connectivity index (χ0) is 14.7. The maximum atomic E-state index is 12.2. The van der Waals surface area contributed by atoms with Crippen LogP contribution in [0.25, 0.3) is 0 Å². The van der Waals surface area contributed by atoms with Crippen molar-refractivity contribution >= 4 is 28.5 Å². The molecule has 0 aliphatic heterocycles. The third-order valence-electron chi connectivity index (χ3n) is 3.76. The lowest BCUT2D eigenvalue weighted by atomic mass is 10.2. The maximum Gasteiger partial charge on any atom is 0.252 e. The van der Waals surface area contributed by atoms with Gasteiger partial charge in [-0.2, -0.15) is 0 Å². The average molecular weight is 397 g/mol. The fourth-order valence-electron chi connectivity index (χ4n) is 2.66. The summed E-state index contributed by atoms with van der Waals surface area (Å²) in [4.78, 5) is 12.2. The van der Waals surface area contributed by atoms with Crippen molar-refractivity contribution in [2.24, 2.45) is 0 Å². The Labute approximate surface area is 136 Å². The van der Waals surface area contributed by atoms with E-state index >= 15 is 0 Å². The molecule has 1 fully saturated rings. The first-order chi connectivity index (χ1) is 10.3. The van der Waals surface area contributed by atoms with Gasteiger partial charge < -0.3 is 5.32 Å². The SMILES string of the molecule is O=C(NCc1nnnn1C1CCCC1)c1ccccc1I. The summed E-state index contributed by atoms with van der Waals surface area (Å²) in [6, 6.07) is 7.89. The van der Waals surface area contributed by atoms with E-state index in [0.29, 0.717) is 18.2 Å². The Balaban J connectivity index is 1.67. The molecule has 110 valence electrons. The zero-order valence-corrected chi connectivity index (χ0v) is 13.7. The topological polar surface area (TPSA) is 72.7 Å². The number of nitrogens with zero attached hydrogens (tertiary/aromatic N) is 4. The van der Waals surface area contributed by atoms with Crippen molar-refractivity contribution in [1.82, 2.24) is 25.5 Å². The quantitative estimate of drug-likeness (QED) is 0.804. The van der Waals surface area contributed by atoms with Gasteiger partial charge in [0.05, 0.1) is 18.2 Å². The Bertz CT molecular complexity index is 636. The Kier molecular flexibility index (Phi) is 4.47. The largest absolute Gasteiger partial charge is 0.345 e. The molecule has 1 aliphatic carbocycles. The smallest absolute Gasteiger partial charge is 0.252 e. The van der Waals surface area contributed by atoms with Crippen LogP contribution in [-0.2, 0) is 6.54 Å². The molecule has 1 aliphatic rings. The minimum absolute atomic E-state index is 0.0963. The van der Waals surface area contributed by atoms with Crippen molar-refractivity contribution in [3.63, 3.8) is 0 Å². The summed E-state index contributed by atoms with van der Waals surface area (Å²) in [6.45, 7) is 0.354. The molecule has 0 saturated heterocycles. The molecule has 1 amide bonds. The van der Waals surface area contributed by atoms with Gasteiger partial charge in [-0.25, -0.2) is 4.68 Å². The van der Waals surface area contributed by atoms with Gasteiger partial charge in [0.2, 0.25) is 0 Å². The Morgan fingerprint density at radius 3 is 2.86 bits per heavy atom. The summed E-state index contributed by atoms with van der Waals surface area (Å²) in [6.07, 6.45) is 4.67. The van der Waals surface area contributed by atoms with Crippen LogP contribution in [0.3, 0.4) is 0 Å². The minimum Gasteiger partial charge on any atom is -0.345 e. The van der Waals surface area contributed by atoms with E-state index in [2.05, 4.69) is 43.4 Å². The number of amides is 1. The monoisotopic (exact) mass is 397 g/mol. The number of carbonyl (C=O) groups excluding carboxylic acids is 1. The molecule has 1 aromatic heterocycles. The number of nitrogens with one attached hydrogen (secondary N) is 1. The number of tetrazole rings is 1. The maximum absolute atomic E-state index is 12.2. The molecule has 0 spiro atoms. The van der Waals surface area contributed by atoms with E-state index < -0.39 is 0 Å². The van der Waals surface area contributed by atoms with Crippen molar-refractivity contribution in [3.8, 4) is 0 Å². The van der Waals surface area contributed by atoms with Gasteiger partial charge >= 0.3 is 0 Å². The third kappa shape index (κ3) is 3.22. The fraction of sp³-hybridized carbons (Fsp3) is 0.429. The predicted molar refractivity (Wildman–Crippen MR) is 85.7 cm³/mol. The number of hydrogen-bond acceptors (Lipinski definition) is 4. The van der Waals surface area contributed by atoms with Crippen LogP contribution in [-0.4, -0.2) is 26.1 Å². The standard InChI is InChI=1S/C14H16IN5O/c15-12-8-4-3-7-11(12)14(21)16-9-13-17-18-19-20(13)10-5-1-2-6-10/h3-4,7-8,10H,1-2,5-6,9H2,(H,16,21). The first kappa shape index (κ1) is 14.4. The minimum atomic E-state index is -0.0963. The molecule has 0 atom stereocenters. The summed E-state index contributed by atoms with van der Waals surface area (Å²) in [5.41, 5.74) is 0.679. The lowest BCUT2D eigenvalue weighted by Gasteiger charge is -2.12. The van der Waals surface area contributed by atoms with Crippen LogP contribution >= 0.6 is 22.6 Å². The number of carbonyl (C=O) groups is 1. The first-order valence-electron chi connectivity index (χ1n) is 7.05. The Morgan fingerprint density at radius 2 is 2.10 bits per heavy atom. The molecule has 1 N–H and O–H groups in total. The van der Waals surface area contributed by atoms with Crippen LogP contribution in [0.4, 0.5) is 0 Å². The van der Waals surface area contributed by atoms with Gasteiger partial charge in [0, 0.05) is 3.57 Å². The number of hydrogen-bond donors (Lipinski definition) is 1. The van der Waals surface area contributed by atoms with E-state index in [-0.39, 0.29) is 5.91 Å². The first-order valence-corrected chi connectivity index (χ1v) is 8.13. The Hall–Kier alpha value is -1.51. The second-order valence-corrected chi connectivity index (χ2v) is 6.30. The molecule has 7 heteroatoms. The molecule has 21 heavy (non-hydrogen) atoms. The van der Waals surface area contributed by atoms with Crippen molar-refractivity contribution in [2.75, 3.05) is 0 Å². The van der Waals surface area contributed by atoms with E-state index in [0.717, 1.165) is 22.2 Å². The van der Waals surface area contributed by atoms with E-state index in [1.807, 2.05) is 28.9 Å². The Morgan fingerprint density at radius 1 is 1.33 bits per heavy atom. The summed E-state index contributed by atoms with van der Waals surface area (Å²) in [7, 11) is 0. The van der Waals surface area contributed by atoms with Crippen molar-refractivity contribution in [3.05, 3.63) is 39.2 Å². The van der Waals surface area contributed by atoms with Crippen LogP contribution < -0.4 is 5.32 Å². The van der Waals surface area contributed by atoms with Crippen molar-refractivity contribution in [2.45, 2.75) is 38.3 Å². The van der Waals surface area contributed by atoms with Crippen LogP contribution in [0.15, 0.2) is 24.3 Å². The highest BCUT2D eigenvalue weighted by molar-refractivity contribution is 14.1. The number of benzene rings is 1. The molecular formula is C14H16IN5O. The highest BCUT2D eigenvalue weighted by Crippen LogP contribution is 2.29. The van der Waals surface area contributed by atoms with Gasteiger partial charge in [-0.15, -0.1) is 5.10 Å². The molecular weight excluding hydrogens is 381 g/mol. The van der Waals surface area contributed by atoms with E-state index in [9.17, 15) is 4.79 Å². The van der Waals surface area contributed by atoms with Crippen molar-refractivity contribution < 1.29 is 4.79 Å². The zero-order valence-electron chi connectivity index (χ0n) is 11.5. The molecule has 1 aromatic carbocycles. The molecule has 0 radical (unpaired) electrons. The lowest BCUT2D eigenvalue weighted by molar-refractivity contribution is 0.0948. The normalized spacial score (nSPS) is 15.3. The molecule has 2 aromatic rings.